The van der Waals surface area contributed by atoms with E-state index < -0.39 is 0 Å². The number of rotatable bonds is 2. The minimum Gasteiger partial charge on any atom is -0.297 e. The number of imidazole rings is 1. The third-order valence-corrected chi connectivity index (χ3v) is 4.92. The SMILES string of the molecule is Cc1nc(=O)n(Cc2cn3ccsc3n2)c(C)c1Br. The first kappa shape index (κ1) is 12.6. The van der Waals surface area contributed by atoms with E-state index in [-0.39, 0.29) is 5.69 Å². The van der Waals surface area contributed by atoms with Gasteiger partial charge in [0.25, 0.3) is 0 Å². The maximum atomic E-state index is 12.0. The van der Waals surface area contributed by atoms with Gasteiger partial charge in [0.2, 0.25) is 0 Å². The molecule has 3 aromatic heterocycles. The molecule has 0 aromatic carbocycles. The number of nitrogens with zero attached hydrogens (tertiary/aromatic N) is 4. The van der Waals surface area contributed by atoms with E-state index in [1.54, 1.807) is 15.9 Å². The van der Waals surface area contributed by atoms with E-state index in [0.717, 1.165) is 20.8 Å². The van der Waals surface area contributed by atoms with Crippen LogP contribution in [-0.4, -0.2) is 18.9 Å². The molecule has 0 amide bonds. The summed E-state index contributed by atoms with van der Waals surface area (Å²) < 4.78 is 4.45. The molecule has 0 aliphatic rings. The zero-order valence-corrected chi connectivity index (χ0v) is 12.8. The Balaban J connectivity index is 2.06. The number of fused-ring (bicyclic) bond motifs is 1. The Hall–Kier alpha value is -1.47. The van der Waals surface area contributed by atoms with Crippen LogP contribution in [-0.2, 0) is 6.54 Å². The molecule has 0 spiro atoms. The minimum absolute atomic E-state index is 0.241. The molecule has 7 heteroatoms. The lowest BCUT2D eigenvalue weighted by Gasteiger charge is -2.10. The van der Waals surface area contributed by atoms with Gasteiger partial charge in [0, 0.05) is 23.5 Å². The third-order valence-electron chi connectivity index (χ3n) is 3.00. The van der Waals surface area contributed by atoms with E-state index in [1.165, 1.54) is 0 Å². The van der Waals surface area contributed by atoms with Crippen molar-refractivity contribution < 1.29 is 0 Å². The third kappa shape index (κ3) is 2.12. The fourth-order valence-corrected chi connectivity index (χ4v) is 3.00. The number of thiazole rings is 1. The number of hydrogen-bond acceptors (Lipinski definition) is 4. The molecule has 0 fully saturated rings. The van der Waals surface area contributed by atoms with Gasteiger partial charge in [-0.15, -0.1) is 11.3 Å². The summed E-state index contributed by atoms with van der Waals surface area (Å²) in [5.41, 5.74) is 2.20. The maximum absolute atomic E-state index is 12.0. The Kier molecular flexibility index (Phi) is 3.02. The van der Waals surface area contributed by atoms with Gasteiger partial charge < -0.3 is 0 Å². The van der Waals surface area contributed by atoms with E-state index in [9.17, 15) is 4.79 Å². The van der Waals surface area contributed by atoms with Gasteiger partial charge in [-0.05, 0) is 29.8 Å². The summed E-state index contributed by atoms with van der Waals surface area (Å²) in [5.74, 6) is 0. The topological polar surface area (TPSA) is 52.2 Å². The van der Waals surface area contributed by atoms with Gasteiger partial charge >= 0.3 is 5.69 Å². The molecule has 0 saturated carbocycles. The normalized spacial score (nSPS) is 11.3. The molecular weight excluding hydrogens is 328 g/mol. The van der Waals surface area contributed by atoms with E-state index in [4.69, 9.17) is 0 Å². The molecule has 0 unspecified atom stereocenters. The van der Waals surface area contributed by atoms with Crippen LogP contribution >= 0.6 is 27.3 Å². The van der Waals surface area contributed by atoms with Gasteiger partial charge in [0.15, 0.2) is 4.96 Å². The highest BCUT2D eigenvalue weighted by Gasteiger charge is 2.11. The lowest BCUT2D eigenvalue weighted by Crippen LogP contribution is -2.27. The zero-order valence-electron chi connectivity index (χ0n) is 10.4. The van der Waals surface area contributed by atoms with Gasteiger partial charge in [-0.3, -0.25) is 8.97 Å². The lowest BCUT2D eigenvalue weighted by atomic mass is 10.3. The second kappa shape index (κ2) is 4.57. The molecule has 98 valence electrons. The first-order chi connectivity index (χ1) is 9.06. The summed E-state index contributed by atoms with van der Waals surface area (Å²) in [4.78, 5) is 21.4. The molecule has 19 heavy (non-hydrogen) atoms. The minimum atomic E-state index is -0.241. The summed E-state index contributed by atoms with van der Waals surface area (Å²) in [6, 6.07) is 0. The summed E-state index contributed by atoms with van der Waals surface area (Å²) >= 11 is 5.03. The van der Waals surface area contributed by atoms with E-state index >= 15 is 0 Å². The molecule has 0 atom stereocenters. The molecular formula is C12H11BrN4OS. The van der Waals surface area contributed by atoms with Crippen LogP contribution < -0.4 is 5.69 Å². The highest BCUT2D eigenvalue weighted by Crippen LogP contribution is 2.18. The van der Waals surface area contributed by atoms with Gasteiger partial charge in [-0.1, -0.05) is 0 Å². The lowest BCUT2D eigenvalue weighted by molar-refractivity contribution is 0.678. The summed E-state index contributed by atoms with van der Waals surface area (Å²) in [5, 5.41) is 1.98. The molecule has 0 radical (unpaired) electrons. The summed E-state index contributed by atoms with van der Waals surface area (Å²) in [6.07, 6.45) is 3.89. The standard InChI is InChI=1S/C12H11BrN4OS/c1-7-10(13)8(2)17(11(18)14-7)6-9-5-16-3-4-19-12(16)15-9/h3-5H,6H2,1-2H3. The van der Waals surface area contributed by atoms with Gasteiger partial charge in [-0.2, -0.15) is 4.98 Å². The molecule has 0 saturated heterocycles. The van der Waals surface area contributed by atoms with Gasteiger partial charge in [0.05, 0.1) is 22.4 Å². The van der Waals surface area contributed by atoms with Crippen molar-refractivity contribution in [3.05, 3.63) is 49.8 Å². The van der Waals surface area contributed by atoms with Crippen LogP contribution in [0.3, 0.4) is 0 Å². The van der Waals surface area contributed by atoms with Gasteiger partial charge in [-0.25, -0.2) is 9.78 Å². The Morgan fingerprint density at radius 3 is 2.89 bits per heavy atom. The molecule has 0 aliphatic heterocycles. The van der Waals surface area contributed by atoms with Crippen LogP contribution in [0.1, 0.15) is 17.1 Å². The van der Waals surface area contributed by atoms with Crippen LogP contribution in [0.2, 0.25) is 0 Å². The van der Waals surface area contributed by atoms with Crippen molar-refractivity contribution in [2.45, 2.75) is 20.4 Å². The number of aryl methyl sites for hydroxylation is 1. The van der Waals surface area contributed by atoms with Crippen LogP contribution in [0.25, 0.3) is 4.96 Å². The molecule has 3 rings (SSSR count). The number of hydrogen-bond donors (Lipinski definition) is 0. The Labute approximate surface area is 121 Å². The molecule has 0 aliphatic carbocycles. The van der Waals surface area contributed by atoms with Crippen LogP contribution in [0.5, 0.6) is 0 Å². The first-order valence-electron chi connectivity index (χ1n) is 5.71. The molecule has 3 heterocycles. The summed E-state index contributed by atoms with van der Waals surface area (Å²) in [7, 11) is 0. The van der Waals surface area contributed by atoms with Crippen molar-refractivity contribution in [3.8, 4) is 0 Å². The molecule has 3 aromatic rings. The highest BCUT2D eigenvalue weighted by molar-refractivity contribution is 9.10. The quantitative estimate of drug-likeness (QED) is 0.720. The monoisotopic (exact) mass is 338 g/mol. The Morgan fingerprint density at radius 1 is 1.37 bits per heavy atom. The van der Waals surface area contributed by atoms with Crippen molar-refractivity contribution in [2.75, 3.05) is 0 Å². The van der Waals surface area contributed by atoms with Crippen molar-refractivity contribution in [3.63, 3.8) is 0 Å². The van der Waals surface area contributed by atoms with Crippen LogP contribution in [0.4, 0.5) is 0 Å². The Morgan fingerprint density at radius 2 is 2.16 bits per heavy atom. The fourth-order valence-electron chi connectivity index (χ4n) is 1.98. The fraction of sp³-hybridized carbons (Fsp3) is 0.250. The zero-order chi connectivity index (χ0) is 13.6. The Bertz CT molecular complexity index is 788. The molecule has 0 N–H and O–H groups in total. The predicted octanol–water partition coefficient (Wildman–Crippen LogP) is 2.38. The summed E-state index contributed by atoms with van der Waals surface area (Å²) in [6.45, 7) is 4.15. The van der Waals surface area contributed by atoms with E-state index in [2.05, 4.69) is 25.9 Å². The highest BCUT2D eigenvalue weighted by atomic mass is 79.9. The van der Waals surface area contributed by atoms with E-state index in [0.29, 0.717) is 12.2 Å². The van der Waals surface area contributed by atoms with Crippen LogP contribution in [0, 0.1) is 13.8 Å². The van der Waals surface area contributed by atoms with Crippen LogP contribution in [0.15, 0.2) is 27.0 Å². The van der Waals surface area contributed by atoms with Crippen molar-refractivity contribution in [2.24, 2.45) is 0 Å². The average molecular weight is 339 g/mol. The smallest absolute Gasteiger partial charge is 0.297 e. The number of halogens is 1. The number of aromatic nitrogens is 4. The average Bonchev–Trinajstić information content (AvgIpc) is 2.92. The molecule has 0 bridgehead atoms. The van der Waals surface area contributed by atoms with Crippen molar-refractivity contribution >= 4 is 32.2 Å². The maximum Gasteiger partial charge on any atom is 0.348 e. The van der Waals surface area contributed by atoms with Crippen molar-refractivity contribution in [1.82, 2.24) is 18.9 Å². The largest absolute Gasteiger partial charge is 0.348 e. The predicted molar refractivity (Wildman–Crippen MR) is 77.8 cm³/mol. The molecule has 5 nitrogen and oxygen atoms in total. The second-order valence-electron chi connectivity index (χ2n) is 4.29. The van der Waals surface area contributed by atoms with Gasteiger partial charge in [0.1, 0.15) is 0 Å². The van der Waals surface area contributed by atoms with E-state index in [1.807, 2.05) is 36.0 Å². The van der Waals surface area contributed by atoms with Crippen molar-refractivity contribution in [1.29, 1.82) is 0 Å². The first-order valence-corrected chi connectivity index (χ1v) is 7.38. The second-order valence-corrected chi connectivity index (χ2v) is 5.96.